The molecule has 0 bridgehead atoms. The van der Waals surface area contributed by atoms with Crippen molar-refractivity contribution in [2.45, 2.75) is 26.8 Å². The predicted molar refractivity (Wildman–Crippen MR) is 91.0 cm³/mol. The average Bonchev–Trinajstić information content (AvgIpc) is 2.53. The molecule has 2 rings (SSSR count). The van der Waals surface area contributed by atoms with Crippen LogP contribution in [0.4, 0.5) is 0 Å². The standard InChI is InChI=1S/C19H23NO3/c1-14-8-10-17(11-9-14)22-12-16(3)20-19(21)13-23-18-7-5-4-6-15(18)2/h4-11,16H,12-13H2,1-3H3,(H,20,21). The number of hydrogen-bond acceptors (Lipinski definition) is 3. The highest BCUT2D eigenvalue weighted by Gasteiger charge is 2.09. The summed E-state index contributed by atoms with van der Waals surface area (Å²) >= 11 is 0. The minimum atomic E-state index is -0.159. The van der Waals surface area contributed by atoms with E-state index in [2.05, 4.69) is 5.32 Å². The second-order valence-electron chi connectivity index (χ2n) is 5.65. The fourth-order valence-corrected chi connectivity index (χ4v) is 2.08. The Hall–Kier alpha value is -2.49. The fourth-order valence-electron chi connectivity index (χ4n) is 2.08. The second kappa shape index (κ2) is 8.22. The fraction of sp³-hybridized carbons (Fsp3) is 0.316. The van der Waals surface area contributed by atoms with Gasteiger partial charge in [0.1, 0.15) is 18.1 Å². The van der Waals surface area contributed by atoms with Crippen LogP contribution in [-0.4, -0.2) is 25.2 Å². The van der Waals surface area contributed by atoms with E-state index in [1.54, 1.807) is 0 Å². The molecule has 1 atom stereocenters. The van der Waals surface area contributed by atoms with Crippen LogP contribution in [0.3, 0.4) is 0 Å². The zero-order chi connectivity index (χ0) is 16.7. The monoisotopic (exact) mass is 313 g/mol. The van der Waals surface area contributed by atoms with Crippen LogP contribution in [0.15, 0.2) is 48.5 Å². The molecule has 122 valence electrons. The van der Waals surface area contributed by atoms with Crippen LogP contribution in [0.5, 0.6) is 11.5 Å². The minimum Gasteiger partial charge on any atom is -0.491 e. The van der Waals surface area contributed by atoms with Gasteiger partial charge in [-0.1, -0.05) is 35.9 Å². The summed E-state index contributed by atoms with van der Waals surface area (Å²) in [5.41, 5.74) is 2.20. The van der Waals surface area contributed by atoms with Gasteiger partial charge in [-0.3, -0.25) is 4.79 Å². The van der Waals surface area contributed by atoms with Crippen LogP contribution in [-0.2, 0) is 4.79 Å². The van der Waals surface area contributed by atoms with Crippen LogP contribution in [0, 0.1) is 13.8 Å². The number of benzene rings is 2. The lowest BCUT2D eigenvalue weighted by atomic mass is 10.2. The number of para-hydroxylation sites is 1. The molecule has 2 aromatic rings. The molecule has 0 saturated heterocycles. The lowest BCUT2D eigenvalue weighted by Crippen LogP contribution is -2.39. The Balaban J connectivity index is 1.72. The summed E-state index contributed by atoms with van der Waals surface area (Å²) in [5, 5.41) is 2.86. The van der Waals surface area contributed by atoms with Crippen molar-refractivity contribution >= 4 is 5.91 Å². The molecule has 0 aromatic heterocycles. The largest absolute Gasteiger partial charge is 0.491 e. The van der Waals surface area contributed by atoms with Crippen molar-refractivity contribution in [1.29, 1.82) is 0 Å². The second-order valence-corrected chi connectivity index (χ2v) is 5.65. The van der Waals surface area contributed by atoms with Crippen molar-refractivity contribution in [3.63, 3.8) is 0 Å². The number of amides is 1. The Kier molecular flexibility index (Phi) is 6.03. The summed E-state index contributed by atoms with van der Waals surface area (Å²) in [6.07, 6.45) is 0. The van der Waals surface area contributed by atoms with E-state index in [1.165, 1.54) is 5.56 Å². The Morgan fingerprint density at radius 2 is 1.74 bits per heavy atom. The molecular formula is C19H23NO3. The summed E-state index contributed by atoms with van der Waals surface area (Å²) in [5.74, 6) is 1.37. The molecule has 0 radical (unpaired) electrons. The Labute approximate surface area is 137 Å². The summed E-state index contributed by atoms with van der Waals surface area (Å²) in [6.45, 7) is 6.30. The number of carbonyl (C=O) groups excluding carboxylic acids is 1. The maximum absolute atomic E-state index is 11.9. The molecule has 0 aliphatic carbocycles. The molecule has 1 amide bonds. The highest BCUT2D eigenvalue weighted by atomic mass is 16.5. The van der Waals surface area contributed by atoms with E-state index in [0.717, 1.165) is 17.1 Å². The third-order valence-electron chi connectivity index (χ3n) is 3.38. The molecule has 0 aliphatic heterocycles. The summed E-state index contributed by atoms with van der Waals surface area (Å²) in [6, 6.07) is 15.4. The third kappa shape index (κ3) is 5.66. The van der Waals surface area contributed by atoms with Gasteiger partial charge in [0.15, 0.2) is 6.61 Å². The van der Waals surface area contributed by atoms with Gasteiger partial charge in [-0.25, -0.2) is 0 Å². The van der Waals surface area contributed by atoms with E-state index in [1.807, 2.05) is 69.3 Å². The number of carbonyl (C=O) groups is 1. The van der Waals surface area contributed by atoms with Crippen molar-refractivity contribution in [2.75, 3.05) is 13.2 Å². The van der Waals surface area contributed by atoms with Gasteiger partial charge in [-0.05, 0) is 44.5 Å². The first kappa shape index (κ1) is 16.9. The van der Waals surface area contributed by atoms with Crippen LogP contribution < -0.4 is 14.8 Å². The van der Waals surface area contributed by atoms with Crippen molar-refractivity contribution < 1.29 is 14.3 Å². The maximum Gasteiger partial charge on any atom is 0.258 e. The predicted octanol–water partition coefficient (Wildman–Crippen LogP) is 3.27. The first-order chi connectivity index (χ1) is 11.0. The van der Waals surface area contributed by atoms with Gasteiger partial charge >= 0.3 is 0 Å². The van der Waals surface area contributed by atoms with Gasteiger partial charge < -0.3 is 14.8 Å². The lowest BCUT2D eigenvalue weighted by molar-refractivity contribution is -0.123. The van der Waals surface area contributed by atoms with E-state index in [9.17, 15) is 4.79 Å². The van der Waals surface area contributed by atoms with Gasteiger partial charge in [0, 0.05) is 0 Å². The van der Waals surface area contributed by atoms with Gasteiger partial charge in [0.25, 0.3) is 5.91 Å². The Morgan fingerprint density at radius 3 is 2.43 bits per heavy atom. The lowest BCUT2D eigenvalue weighted by Gasteiger charge is -2.16. The first-order valence-electron chi connectivity index (χ1n) is 7.72. The summed E-state index contributed by atoms with van der Waals surface area (Å²) < 4.78 is 11.2. The van der Waals surface area contributed by atoms with Gasteiger partial charge in [-0.2, -0.15) is 0 Å². The van der Waals surface area contributed by atoms with E-state index < -0.39 is 0 Å². The number of hydrogen-bond donors (Lipinski definition) is 1. The topological polar surface area (TPSA) is 47.6 Å². The highest BCUT2D eigenvalue weighted by molar-refractivity contribution is 5.77. The highest BCUT2D eigenvalue weighted by Crippen LogP contribution is 2.15. The van der Waals surface area contributed by atoms with Crippen molar-refractivity contribution in [3.05, 3.63) is 59.7 Å². The van der Waals surface area contributed by atoms with Crippen LogP contribution >= 0.6 is 0 Å². The molecule has 23 heavy (non-hydrogen) atoms. The van der Waals surface area contributed by atoms with Gasteiger partial charge in [0.2, 0.25) is 0 Å². The van der Waals surface area contributed by atoms with Crippen LogP contribution in [0.1, 0.15) is 18.1 Å². The molecule has 0 fully saturated rings. The summed E-state index contributed by atoms with van der Waals surface area (Å²) in [4.78, 5) is 11.9. The molecule has 2 aromatic carbocycles. The molecule has 0 heterocycles. The molecule has 4 nitrogen and oxygen atoms in total. The molecule has 1 unspecified atom stereocenters. The van der Waals surface area contributed by atoms with Gasteiger partial charge in [0.05, 0.1) is 6.04 Å². The SMILES string of the molecule is Cc1ccc(OCC(C)NC(=O)COc2ccccc2C)cc1. The Morgan fingerprint density at radius 1 is 1.04 bits per heavy atom. The molecule has 1 N–H and O–H groups in total. The van der Waals surface area contributed by atoms with E-state index >= 15 is 0 Å². The van der Waals surface area contributed by atoms with Gasteiger partial charge in [-0.15, -0.1) is 0 Å². The maximum atomic E-state index is 11.9. The van der Waals surface area contributed by atoms with E-state index in [0.29, 0.717) is 6.61 Å². The minimum absolute atomic E-state index is 0.000273. The van der Waals surface area contributed by atoms with Crippen LogP contribution in [0.25, 0.3) is 0 Å². The van der Waals surface area contributed by atoms with E-state index in [-0.39, 0.29) is 18.6 Å². The number of ether oxygens (including phenoxy) is 2. The van der Waals surface area contributed by atoms with Crippen molar-refractivity contribution in [3.8, 4) is 11.5 Å². The third-order valence-corrected chi connectivity index (χ3v) is 3.38. The quantitative estimate of drug-likeness (QED) is 0.853. The van der Waals surface area contributed by atoms with Crippen molar-refractivity contribution in [2.24, 2.45) is 0 Å². The number of nitrogens with one attached hydrogen (secondary N) is 1. The Bertz CT molecular complexity index is 637. The summed E-state index contributed by atoms with van der Waals surface area (Å²) in [7, 11) is 0. The number of rotatable bonds is 7. The zero-order valence-electron chi connectivity index (χ0n) is 13.8. The molecule has 4 heteroatoms. The molecular weight excluding hydrogens is 290 g/mol. The number of aryl methyl sites for hydroxylation is 2. The first-order valence-corrected chi connectivity index (χ1v) is 7.72. The van der Waals surface area contributed by atoms with Crippen LogP contribution in [0.2, 0.25) is 0 Å². The molecule has 0 saturated carbocycles. The average molecular weight is 313 g/mol. The molecule has 0 aliphatic rings. The molecule has 0 spiro atoms. The van der Waals surface area contributed by atoms with Crippen molar-refractivity contribution in [1.82, 2.24) is 5.32 Å². The smallest absolute Gasteiger partial charge is 0.258 e. The van der Waals surface area contributed by atoms with E-state index in [4.69, 9.17) is 9.47 Å². The normalized spacial score (nSPS) is 11.6. The zero-order valence-corrected chi connectivity index (χ0v) is 13.8.